The first-order chi connectivity index (χ1) is 14.5. The summed E-state index contributed by atoms with van der Waals surface area (Å²) in [5.74, 6) is -0.795. The van der Waals surface area contributed by atoms with Crippen molar-refractivity contribution in [2.24, 2.45) is 5.10 Å². The van der Waals surface area contributed by atoms with Gasteiger partial charge in [-0.1, -0.05) is 6.08 Å². The van der Waals surface area contributed by atoms with E-state index >= 15 is 0 Å². The maximum absolute atomic E-state index is 12.0. The minimum Gasteiger partial charge on any atom is -0.497 e. The molecular weight excluding hydrogens is 388 g/mol. The zero-order valence-corrected chi connectivity index (χ0v) is 16.4. The normalized spacial score (nSPS) is 10.2. The average molecular weight is 410 g/mol. The second-order valence-corrected chi connectivity index (χ2v) is 5.83. The fraction of sp³-hybridized carbons (Fsp3) is 0.143. The molecule has 0 saturated carbocycles. The van der Waals surface area contributed by atoms with Crippen molar-refractivity contribution in [3.8, 4) is 11.5 Å². The van der Waals surface area contributed by atoms with Gasteiger partial charge in [-0.25, -0.2) is 5.43 Å². The molecule has 0 aliphatic rings. The van der Waals surface area contributed by atoms with Crippen LogP contribution in [-0.2, 0) is 14.4 Å². The van der Waals surface area contributed by atoms with Gasteiger partial charge in [-0.3, -0.25) is 14.4 Å². The average Bonchev–Trinajstić information content (AvgIpc) is 2.77. The first kappa shape index (κ1) is 22.2. The second-order valence-electron chi connectivity index (χ2n) is 5.83. The second kappa shape index (κ2) is 11.6. The van der Waals surface area contributed by atoms with E-state index in [0.29, 0.717) is 22.7 Å². The van der Waals surface area contributed by atoms with Crippen molar-refractivity contribution in [3.05, 3.63) is 66.7 Å². The molecule has 0 spiro atoms. The molecule has 9 nitrogen and oxygen atoms in total. The summed E-state index contributed by atoms with van der Waals surface area (Å²) in [4.78, 5) is 34.8. The van der Waals surface area contributed by atoms with Crippen LogP contribution < -0.4 is 25.5 Å². The number of amides is 3. The van der Waals surface area contributed by atoms with Gasteiger partial charge in [0.05, 0.1) is 13.3 Å². The third-order valence-electron chi connectivity index (χ3n) is 3.62. The number of hydrazone groups is 1. The fourth-order valence-corrected chi connectivity index (χ4v) is 2.13. The molecule has 2 rings (SSSR count). The molecule has 0 unspecified atom stereocenters. The van der Waals surface area contributed by atoms with Crippen molar-refractivity contribution < 1.29 is 23.9 Å². The first-order valence-electron chi connectivity index (χ1n) is 8.90. The number of anilines is 1. The lowest BCUT2D eigenvalue weighted by Gasteiger charge is -2.08. The van der Waals surface area contributed by atoms with Gasteiger partial charge in [0.1, 0.15) is 11.5 Å². The molecule has 9 heteroatoms. The molecule has 0 aliphatic carbocycles. The van der Waals surface area contributed by atoms with E-state index in [1.165, 1.54) is 12.3 Å². The van der Waals surface area contributed by atoms with Crippen LogP contribution in [-0.4, -0.2) is 44.2 Å². The van der Waals surface area contributed by atoms with Crippen LogP contribution in [0.3, 0.4) is 0 Å². The third kappa shape index (κ3) is 7.47. The summed E-state index contributed by atoms with van der Waals surface area (Å²) in [6.07, 6.45) is 2.83. The highest BCUT2D eigenvalue weighted by Crippen LogP contribution is 2.15. The van der Waals surface area contributed by atoms with Crippen LogP contribution in [0.4, 0.5) is 5.69 Å². The lowest BCUT2D eigenvalue weighted by molar-refractivity contribution is -0.139. The van der Waals surface area contributed by atoms with Crippen LogP contribution in [0.1, 0.15) is 5.56 Å². The van der Waals surface area contributed by atoms with E-state index in [1.807, 2.05) is 0 Å². The Morgan fingerprint density at radius 3 is 2.30 bits per heavy atom. The van der Waals surface area contributed by atoms with Gasteiger partial charge in [0.2, 0.25) is 0 Å². The van der Waals surface area contributed by atoms with Gasteiger partial charge in [-0.15, -0.1) is 6.58 Å². The van der Waals surface area contributed by atoms with Gasteiger partial charge < -0.3 is 20.1 Å². The van der Waals surface area contributed by atoms with E-state index in [2.05, 4.69) is 27.7 Å². The standard InChI is InChI=1S/C21H22N4O5/c1-3-12-22-20(27)21(28)25-23-13-15-4-8-18(9-5-15)30-14-19(26)24-16-6-10-17(29-2)11-7-16/h3-11,13H,1,12,14H2,2H3,(H,22,27)(H,24,26)(H,25,28)/b23-13-. The van der Waals surface area contributed by atoms with E-state index < -0.39 is 11.8 Å². The van der Waals surface area contributed by atoms with Crippen molar-refractivity contribution in [3.63, 3.8) is 0 Å². The molecule has 0 aromatic heterocycles. The van der Waals surface area contributed by atoms with Gasteiger partial charge in [0, 0.05) is 12.2 Å². The van der Waals surface area contributed by atoms with E-state index in [-0.39, 0.29) is 19.1 Å². The van der Waals surface area contributed by atoms with E-state index in [9.17, 15) is 14.4 Å². The third-order valence-corrected chi connectivity index (χ3v) is 3.62. The summed E-state index contributed by atoms with van der Waals surface area (Å²) in [7, 11) is 1.57. The summed E-state index contributed by atoms with van der Waals surface area (Å²) in [6, 6.07) is 13.6. The summed E-state index contributed by atoms with van der Waals surface area (Å²) in [6.45, 7) is 3.47. The number of carbonyl (C=O) groups is 3. The van der Waals surface area contributed by atoms with Gasteiger partial charge in [-0.2, -0.15) is 5.10 Å². The quantitative estimate of drug-likeness (QED) is 0.250. The molecular formula is C21H22N4O5. The molecule has 0 saturated heterocycles. The number of nitrogens with zero attached hydrogens (tertiary/aromatic N) is 1. The molecule has 3 amide bonds. The number of methoxy groups -OCH3 is 1. The van der Waals surface area contributed by atoms with E-state index in [0.717, 1.165) is 0 Å². The Morgan fingerprint density at radius 1 is 1.00 bits per heavy atom. The molecule has 0 radical (unpaired) electrons. The van der Waals surface area contributed by atoms with Crippen molar-refractivity contribution >= 4 is 29.6 Å². The van der Waals surface area contributed by atoms with Gasteiger partial charge in [0.25, 0.3) is 5.91 Å². The molecule has 2 aromatic carbocycles. The SMILES string of the molecule is C=CCNC(=O)C(=O)N/N=C\c1ccc(OCC(=O)Nc2ccc(OC)cc2)cc1. The largest absolute Gasteiger partial charge is 0.497 e. The fourth-order valence-electron chi connectivity index (χ4n) is 2.13. The minimum absolute atomic E-state index is 0.157. The van der Waals surface area contributed by atoms with Crippen LogP contribution in [0.5, 0.6) is 11.5 Å². The first-order valence-corrected chi connectivity index (χ1v) is 8.90. The Balaban J connectivity index is 1.76. The molecule has 2 aromatic rings. The highest BCUT2D eigenvalue weighted by Gasteiger charge is 2.10. The van der Waals surface area contributed by atoms with Gasteiger partial charge in [-0.05, 0) is 54.1 Å². The van der Waals surface area contributed by atoms with Gasteiger partial charge >= 0.3 is 11.8 Å². The number of nitrogens with one attached hydrogen (secondary N) is 3. The number of rotatable bonds is 9. The molecule has 0 aliphatic heterocycles. The summed E-state index contributed by atoms with van der Waals surface area (Å²) >= 11 is 0. The Labute approximate surface area is 173 Å². The topological polar surface area (TPSA) is 118 Å². The maximum atomic E-state index is 12.0. The Hall–Kier alpha value is -4.14. The molecule has 30 heavy (non-hydrogen) atoms. The van der Waals surface area contributed by atoms with Crippen LogP contribution >= 0.6 is 0 Å². The predicted octanol–water partition coefficient (Wildman–Crippen LogP) is 1.46. The van der Waals surface area contributed by atoms with Crippen LogP contribution in [0, 0.1) is 0 Å². The van der Waals surface area contributed by atoms with E-state index in [4.69, 9.17) is 9.47 Å². The summed E-state index contributed by atoms with van der Waals surface area (Å²) < 4.78 is 10.5. The lowest BCUT2D eigenvalue weighted by atomic mass is 10.2. The highest BCUT2D eigenvalue weighted by molar-refractivity contribution is 6.35. The zero-order chi connectivity index (χ0) is 21.8. The number of carbonyl (C=O) groups excluding carboxylic acids is 3. The highest BCUT2D eigenvalue weighted by atomic mass is 16.5. The lowest BCUT2D eigenvalue weighted by Crippen LogP contribution is -2.37. The van der Waals surface area contributed by atoms with Gasteiger partial charge in [0.15, 0.2) is 6.61 Å². The minimum atomic E-state index is -0.879. The Kier molecular flexibility index (Phi) is 8.60. The van der Waals surface area contributed by atoms with Crippen LogP contribution in [0.2, 0.25) is 0 Å². The zero-order valence-electron chi connectivity index (χ0n) is 16.4. The molecule has 0 heterocycles. The molecule has 0 atom stereocenters. The van der Waals surface area contributed by atoms with Crippen LogP contribution in [0.15, 0.2) is 66.3 Å². The monoisotopic (exact) mass is 410 g/mol. The Morgan fingerprint density at radius 2 is 1.67 bits per heavy atom. The summed E-state index contributed by atoms with van der Waals surface area (Å²) in [5.41, 5.74) is 3.42. The number of ether oxygens (including phenoxy) is 2. The van der Waals surface area contributed by atoms with E-state index in [1.54, 1.807) is 55.6 Å². The maximum Gasteiger partial charge on any atom is 0.329 e. The number of hydrogen-bond acceptors (Lipinski definition) is 6. The number of benzene rings is 2. The molecule has 156 valence electrons. The van der Waals surface area contributed by atoms with Crippen molar-refractivity contribution in [1.29, 1.82) is 0 Å². The summed E-state index contributed by atoms with van der Waals surface area (Å²) in [5, 5.41) is 8.76. The Bertz CT molecular complexity index is 908. The molecule has 3 N–H and O–H groups in total. The molecule has 0 bridgehead atoms. The number of hydrogen-bond donors (Lipinski definition) is 3. The van der Waals surface area contributed by atoms with Crippen LogP contribution in [0.25, 0.3) is 0 Å². The van der Waals surface area contributed by atoms with Crippen molar-refractivity contribution in [2.45, 2.75) is 0 Å². The molecule has 0 fully saturated rings. The predicted molar refractivity (Wildman–Crippen MR) is 113 cm³/mol. The smallest absolute Gasteiger partial charge is 0.329 e. The van der Waals surface area contributed by atoms with Crippen molar-refractivity contribution in [1.82, 2.24) is 10.7 Å². The van der Waals surface area contributed by atoms with Crippen molar-refractivity contribution in [2.75, 3.05) is 25.6 Å².